The van der Waals surface area contributed by atoms with Gasteiger partial charge in [0.15, 0.2) is 5.78 Å². The van der Waals surface area contributed by atoms with Crippen molar-refractivity contribution in [1.82, 2.24) is 0 Å². The van der Waals surface area contributed by atoms with E-state index in [9.17, 15) is 4.79 Å². The van der Waals surface area contributed by atoms with Crippen LogP contribution in [0, 0.1) is 13.8 Å². The van der Waals surface area contributed by atoms with Gasteiger partial charge in [0.25, 0.3) is 0 Å². The van der Waals surface area contributed by atoms with E-state index in [-0.39, 0.29) is 11.9 Å². The second-order valence-corrected chi connectivity index (χ2v) is 4.87. The van der Waals surface area contributed by atoms with Crippen molar-refractivity contribution in [1.29, 1.82) is 0 Å². The van der Waals surface area contributed by atoms with Crippen molar-refractivity contribution in [3.8, 4) is 0 Å². The Kier molecular flexibility index (Phi) is 3.95. The van der Waals surface area contributed by atoms with Crippen LogP contribution in [0.25, 0.3) is 0 Å². The van der Waals surface area contributed by atoms with Crippen molar-refractivity contribution >= 4 is 5.78 Å². The Hall–Kier alpha value is -1.15. The SMILES string of the molecule is Cc1cccc(C)c1CC(=O)C1CCCCO1. The molecule has 2 rings (SSSR count). The summed E-state index contributed by atoms with van der Waals surface area (Å²) >= 11 is 0. The zero-order valence-corrected chi connectivity index (χ0v) is 10.7. The number of hydrogen-bond acceptors (Lipinski definition) is 2. The molecule has 1 fully saturated rings. The van der Waals surface area contributed by atoms with Gasteiger partial charge >= 0.3 is 0 Å². The summed E-state index contributed by atoms with van der Waals surface area (Å²) in [6.45, 7) is 4.87. The molecule has 1 unspecified atom stereocenters. The lowest BCUT2D eigenvalue weighted by atomic mass is 9.94. The van der Waals surface area contributed by atoms with E-state index >= 15 is 0 Å². The van der Waals surface area contributed by atoms with E-state index in [2.05, 4.69) is 26.0 Å². The Morgan fingerprint density at radius 2 is 2.00 bits per heavy atom. The van der Waals surface area contributed by atoms with Crippen LogP contribution in [0.4, 0.5) is 0 Å². The summed E-state index contributed by atoms with van der Waals surface area (Å²) < 4.78 is 5.54. The van der Waals surface area contributed by atoms with Gasteiger partial charge in [0.1, 0.15) is 6.10 Å². The number of Topliss-reactive ketones (excluding diaryl/α,β-unsaturated/α-hetero) is 1. The molecule has 0 spiro atoms. The number of ether oxygens (including phenoxy) is 1. The third kappa shape index (κ3) is 2.95. The van der Waals surface area contributed by atoms with Gasteiger partial charge in [-0.05, 0) is 49.8 Å². The molecule has 0 saturated carbocycles. The number of carbonyl (C=O) groups excluding carboxylic acids is 1. The van der Waals surface area contributed by atoms with Crippen molar-refractivity contribution in [2.75, 3.05) is 6.61 Å². The molecule has 1 aliphatic heterocycles. The van der Waals surface area contributed by atoms with Gasteiger partial charge in [-0.15, -0.1) is 0 Å². The van der Waals surface area contributed by atoms with Gasteiger partial charge in [-0.2, -0.15) is 0 Å². The Bertz CT molecular complexity index is 383. The van der Waals surface area contributed by atoms with E-state index in [1.807, 2.05) is 6.07 Å². The lowest BCUT2D eigenvalue weighted by molar-refractivity contribution is -0.132. The van der Waals surface area contributed by atoms with Gasteiger partial charge in [-0.1, -0.05) is 18.2 Å². The first-order chi connectivity index (χ1) is 8.18. The fourth-order valence-electron chi connectivity index (χ4n) is 2.41. The molecule has 92 valence electrons. The summed E-state index contributed by atoms with van der Waals surface area (Å²) in [7, 11) is 0. The molecule has 0 radical (unpaired) electrons. The van der Waals surface area contributed by atoms with E-state index in [1.54, 1.807) is 0 Å². The summed E-state index contributed by atoms with van der Waals surface area (Å²) in [5, 5.41) is 0. The lowest BCUT2D eigenvalue weighted by Gasteiger charge is -2.22. The molecule has 17 heavy (non-hydrogen) atoms. The number of ketones is 1. The van der Waals surface area contributed by atoms with Crippen LogP contribution in [0.2, 0.25) is 0 Å². The maximum absolute atomic E-state index is 12.1. The van der Waals surface area contributed by atoms with Gasteiger partial charge in [0.2, 0.25) is 0 Å². The zero-order chi connectivity index (χ0) is 12.3. The summed E-state index contributed by atoms with van der Waals surface area (Å²) in [5.74, 6) is 0.238. The van der Waals surface area contributed by atoms with Gasteiger partial charge in [-0.3, -0.25) is 4.79 Å². The van der Waals surface area contributed by atoms with E-state index < -0.39 is 0 Å². The smallest absolute Gasteiger partial charge is 0.165 e. The average Bonchev–Trinajstić information content (AvgIpc) is 2.35. The second kappa shape index (κ2) is 5.46. The molecule has 1 aromatic carbocycles. The predicted octanol–water partition coefficient (Wildman–Crippen LogP) is 2.98. The van der Waals surface area contributed by atoms with Crippen LogP contribution in [0.5, 0.6) is 0 Å². The highest BCUT2D eigenvalue weighted by molar-refractivity contribution is 5.85. The van der Waals surface area contributed by atoms with E-state index in [4.69, 9.17) is 4.74 Å². The molecule has 1 aromatic rings. The summed E-state index contributed by atoms with van der Waals surface area (Å²) in [6.07, 6.45) is 3.45. The maximum atomic E-state index is 12.1. The number of carbonyl (C=O) groups is 1. The topological polar surface area (TPSA) is 26.3 Å². The van der Waals surface area contributed by atoms with Crippen LogP contribution >= 0.6 is 0 Å². The monoisotopic (exact) mass is 232 g/mol. The molecular formula is C15H20O2. The zero-order valence-electron chi connectivity index (χ0n) is 10.7. The molecular weight excluding hydrogens is 212 g/mol. The van der Waals surface area contributed by atoms with E-state index in [0.717, 1.165) is 25.9 Å². The number of benzene rings is 1. The molecule has 1 heterocycles. The minimum absolute atomic E-state index is 0.164. The quantitative estimate of drug-likeness (QED) is 0.801. The van der Waals surface area contributed by atoms with Crippen molar-refractivity contribution in [3.63, 3.8) is 0 Å². The van der Waals surface area contributed by atoms with Gasteiger partial charge in [0, 0.05) is 13.0 Å². The third-order valence-electron chi connectivity index (χ3n) is 3.53. The normalized spacial score (nSPS) is 20.2. The van der Waals surface area contributed by atoms with Crippen molar-refractivity contribution in [3.05, 3.63) is 34.9 Å². The van der Waals surface area contributed by atoms with Crippen LogP contribution in [0.1, 0.15) is 36.0 Å². The van der Waals surface area contributed by atoms with Crippen molar-refractivity contribution in [2.45, 2.75) is 45.6 Å². The average molecular weight is 232 g/mol. The minimum Gasteiger partial charge on any atom is -0.370 e. The van der Waals surface area contributed by atoms with Gasteiger partial charge in [0.05, 0.1) is 0 Å². The molecule has 1 atom stereocenters. The van der Waals surface area contributed by atoms with Crippen LogP contribution < -0.4 is 0 Å². The fourth-order valence-corrected chi connectivity index (χ4v) is 2.41. The first-order valence-corrected chi connectivity index (χ1v) is 6.38. The van der Waals surface area contributed by atoms with Crippen LogP contribution in [0.3, 0.4) is 0 Å². The molecule has 2 nitrogen and oxygen atoms in total. The molecule has 0 amide bonds. The largest absolute Gasteiger partial charge is 0.370 e. The van der Waals surface area contributed by atoms with Crippen molar-refractivity contribution in [2.24, 2.45) is 0 Å². The second-order valence-electron chi connectivity index (χ2n) is 4.87. The van der Waals surface area contributed by atoms with E-state index in [0.29, 0.717) is 6.42 Å². The number of rotatable bonds is 3. The van der Waals surface area contributed by atoms with Crippen LogP contribution in [0.15, 0.2) is 18.2 Å². The first-order valence-electron chi connectivity index (χ1n) is 6.38. The minimum atomic E-state index is -0.164. The Morgan fingerprint density at radius 3 is 2.59 bits per heavy atom. The van der Waals surface area contributed by atoms with E-state index in [1.165, 1.54) is 16.7 Å². The molecule has 2 heteroatoms. The summed E-state index contributed by atoms with van der Waals surface area (Å²) in [6, 6.07) is 6.17. The Balaban J connectivity index is 2.07. The summed E-state index contributed by atoms with van der Waals surface area (Å²) in [5.41, 5.74) is 3.58. The number of aryl methyl sites for hydroxylation is 2. The van der Waals surface area contributed by atoms with Crippen molar-refractivity contribution < 1.29 is 9.53 Å². The number of hydrogen-bond donors (Lipinski definition) is 0. The standard InChI is InChI=1S/C15H20O2/c1-11-6-5-7-12(2)13(11)10-14(16)15-8-3-4-9-17-15/h5-7,15H,3-4,8-10H2,1-2H3. The molecule has 1 saturated heterocycles. The molecule has 0 aromatic heterocycles. The first kappa shape index (κ1) is 12.3. The van der Waals surface area contributed by atoms with Crippen LogP contribution in [-0.2, 0) is 16.0 Å². The third-order valence-corrected chi connectivity index (χ3v) is 3.53. The predicted molar refractivity (Wildman–Crippen MR) is 68.2 cm³/mol. The summed E-state index contributed by atoms with van der Waals surface area (Å²) in [4.78, 5) is 12.1. The fraction of sp³-hybridized carbons (Fsp3) is 0.533. The molecule has 1 aliphatic rings. The lowest BCUT2D eigenvalue weighted by Crippen LogP contribution is -2.29. The van der Waals surface area contributed by atoms with Gasteiger partial charge in [-0.25, -0.2) is 0 Å². The van der Waals surface area contributed by atoms with Gasteiger partial charge < -0.3 is 4.74 Å². The molecule has 0 bridgehead atoms. The molecule has 0 N–H and O–H groups in total. The van der Waals surface area contributed by atoms with Crippen LogP contribution in [-0.4, -0.2) is 18.5 Å². The maximum Gasteiger partial charge on any atom is 0.165 e. The Morgan fingerprint density at radius 1 is 1.29 bits per heavy atom. The highest BCUT2D eigenvalue weighted by Gasteiger charge is 2.22. The Labute approximate surface area is 103 Å². The highest BCUT2D eigenvalue weighted by Crippen LogP contribution is 2.19. The highest BCUT2D eigenvalue weighted by atomic mass is 16.5. The molecule has 0 aliphatic carbocycles.